The molecule has 0 aliphatic heterocycles. The van der Waals surface area contributed by atoms with E-state index in [1.54, 1.807) is 20.0 Å². The lowest BCUT2D eigenvalue weighted by molar-refractivity contribution is -0.116. The van der Waals surface area contributed by atoms with Crippen molar-refractivity contribution in [2.24, 2.45) is 0 Å². The highest BCUT2D eigenvalue weighted by atomic mass is 16.5. The molecule has 2 rings (SSSR count). The number of ether oxygens (including phenoxy) is 1. The van der Waals surface area contributed by atoms with E-state index in [0.29, 0.717) is 16.9 Å². The van der Waals surface area contributed by atoms with E-state index in [2.05, 4.69) is 25.8 Å². The summed E-state index contributed by atoms with van der Waals surface area (Å²) in [6.45, 7) is 3.67. The fraction of sp³-hybridized carbons (Fsp3) is 0.364. The lowest BCUT2D eigenvalue weighted by Crippen LogP contribution is -2.20. The van der Waals surface area contributed by atoms with Crippen molar-refractivity contribution < 1.29 is 14.3 Å². The van der Waals surface area contributed by atoms with Crippen molar-refractivity contribution in [3.63, 3.8) is 0 Å². The van der Waals surface area contributed by atoms with Gasteiger partial charge in [0.05, 0.1) is 12.3 Å². The lowest BCUT2D eigenvalue weighted by Gasteiger charge is -2.06. The molecule has 0 bridgehead atoms. The molecule has 2 N–H and O–H groups in total. The van der Waals surface area contributed by atoms with Crippen molar-refractivity contribution in [2.45, 2.75) is 20.4 Å². The fourth-order valence-electron chi connectivity index (χ4n) is 1.68. The van der Waals surface area contributed by atoms with Crippen LogP contribution in [-0.4, -0.2) is 43.7 Å². The van der Waals surface area contributed by atoms with Crippen molar-refractivity contribution in [2.75, 3.05) is 11.9 Å². The van der Waals surface area contributed by atoms with Crippen LogP contribution in [0.4, 0.5) is 5.69 Å². The summed E-state index contributed by atoms with van der Waals surface area (Å²) in [6, 6.07) is 0. The summed E-state index contributed by atoms with van der Waals surface area (Å²) in [6.07, 6.45) is 2.87. The quantitative estimate of drug-likeness (QED) is 0.751. The first kappa shape index (κ1) is 13.7. The Bertz CT molecular complexity index is 604. The third-order valence-corrected chi connectivity index (χ3v) is 2.53. The Labute approximate surface area is 114 Å². The highest BCUT2D eigenvalue weighted by Crippen LogP contribution is 2.20. The number of tetrazole rings is 1. The fourth-order valence-corrected chi connectivity index (χ4v) is 1.68. The van der Waals surface area contributed by atoms with Crippen molar-refractivity contribution >= 4 is 17.6 Å². The number of amides is 1. The van der Waals surface area contributed by atoms with Gasteiger partial charge in [0.1, 0.15) is 18.4 Å². The first-order chi connectivity index (χ1) is 9.61. The second-order valence-electron chi connectivity index (χ2n) is 3.98. The average molecular weight is 278 g/mol. The summed E-state index contributed by atoms with van der Waals surface area (Å²) in [5, 5.41) is 13.1. The van der Waals surface area contributed by atoms with Gasteiger partial charge in [-0.3, -0.25) is 4.79 Å². The molecule has 2 heterocycles. The number of nitrogens with one attached hydrogen (secondary N) is 2. The zero-order valence-electron chi connectivity index (χ0n) is 11.1. The topological polar surface area (TPSA) is 115 Å². The molecule has 20 heavy (non-hydrogen) atoms. The van der Waals surface area contributed by atoms with E-state index in [4.69, 9.17) is 4.74 Å². The molecule has 0 atom stereocenters. The van der Waals surface area contributed by atoms with Crippen LogP contribution in [0, 0.1) is 6.92 Å². The molecule has 2 aromatic rings. The number of esters is 1. The molecular weight excluding hydrogens is 264 g/mol. The number of rotatable bonds is 5. The molecule has 1 amide bonds. The van der Waals surface area contributed by atoms with E-state index in [9.17, 15) is 9.59 Å². The van der Waals surface area contributed by atoms with Crippen LogP contribution >= 0.6 is 0 Å². The highest BCUT2D eigenvalue weighted by molar-refractivity contribution is 6.02. The first-order valence-corrected chi connectivity index (χ1v) is 5.97. The predicted molar refractivity (Wildman–Crippen MR) is 67.9 cm³/mol. The lowest BCUT2D eigenvalue weighted by atomic mass is 10.2. The van der Waals surface area contributed by atoms with Crippen LogP contribution in [0.2, 0.25) is 0 Å². The highest BCUT2D eigenvalue weighted by Gasteiger charge is 2.19. The van der Waals surface area contributed by atoms with Gasteiger partial charge >= 0.3 is 5.97 Å². The van der Waals surface area contributed by atoms with E-state index < -0.39 is 5.97 Å². The van der Waals surface area contributed by atoms with Gasteiger partial charge in [0, 0.05) is 11.9 Å². The van der Waals surface area contributed by atoms with Gasteiger partial charge in [-0.25, -0.2) is 9.48 Å². The van der Waals surface area contributed by atoms with Gasteiger partial charge in [0.2, 0.25) is 5.91 Å². The maximum Gasteiger partial charge on any atom is 0.342 e. The van der Waals surface area contributed by atoms with Gasteiger partial charge in [0.25, 0.3) is 0 Å². The van der Waals surface area contributed by atoms with Crippen LogP contribution in [0.15, 0.2) is 12.5 Å². The Hall–Kier alpha value is -2.71. The molecular formula is C11H14N6O3. The number of aryl methyl sites for hydroxylation is 1. The van der Waals surface area contributed by atoms with E-state index in [-0.39, 0.29) is 19.1 Å². The smallest absolute Gasteiger partial charge is 0.342 e. The van der Waals surface area contributed by atoms with Gasteiger partial charge in [-0.1, -0.05) is 0 Å². The molecule has 0 aliphatic carbocycles. The zero-order chi connectivity index (χ0) is 14.5. The molecule has 0 aromatic carbocycles. The summed E-state index contributed by atoms with van der Waals surface area (Å²) in [5.74, 6) is -0.828. The van der Waals surface area contributed by atoms with Crippen LogP contribution in [0.1, 0.15) is 23.0 Å². The number of hydrogen-bond donors (Lipinski definition) is 2. The third kappa shape index (κ3) is 2.99. The number of carbonyl (C=O) groups excluding carboxylic acids is 2. The van der Waals surface area contributed by atoms with Gasteiger partial charge in [0.15, 0.2) is 0 Å². The minimum absolute atomic E-state index is 0.0422. The molecule has 0 unspecified atom stereocenters. The molecule has 106 valence electrons. The van der Waals surface area contributed by atoms with Gasteiger partial charge in [-0.2, -0.15) is 0 Å². The molecule has 0 saturated heterocycles. The van der Waals surface area contributed by atoms with E-state index in [0.717, 1.165) is 0 Å². The number of carbonyl (C=O) groups is 2. The van der Waals surface area contributed by atoms with Crippen molar-refractivity contribution in [1.29, 1.82) is 0 Å². The third-order valence-electron chi connectivity index (χ3n) is 2.53. The average Bonchev–Trinajstić information content (AvgIpc) is 3.00. The molecule has 0 fully saturated rings. The SMILES string of the molecule is CCOC(=O)c1c(NC(=O)Cn2cnnn2)c[nH]c1C. The normalized spacial score (nSPS) is 10.3. The molecule has 0 radical (unpaired) electrons. The summed E-state index contributed by atoms with van der Waals surface area (Å²) in [4.78, 5) is 26.5. The zero-order valence-corrected chi connectivity index (χ0v) is 11.1. The Morgan fingerprint density at radius 3 is 2.95 bits per heavy atom. The van der Waals surface area contributed by atoms with E-state index >= 15 is 0 Å². The monoisotopic (exact) mass is 278 g/mol. The van der Waals surface area contributed by atoms with Crippen LogP contribution in [-0.2, 0) is 16.1 Å². The molecule has 9 nitrogen and oxygen atoms in total. The predicted octanol–water partition coefficient (Wildman–Crippen LogP) is 0.125. The first-order valence-electron chi connectivity index (χ1n) is 5.97. The largest absolute Gasteiger partial charge is 0.462 e. The van der Waals surface area contributed by atoms with Crippen LogP contribution < -0.4 is 5.32 Å². The number of hydrogen-bond acceptors (Lipinski definition) is 6. The van der Waals surface area contributed by atoms with Crippen LogP contribution in [0.5, 0.6) is 0 Å². The molecule has 2 aromatic heterocycles. The second kappa shape index (κ2) is 5.95. The summed E-state index contributed by atoms with van der Waals surface area (Å²) < 4.78 is 6.22. The maximum absolute atomic E-state index is 11.8. The Balaban J connectivity index is 2.09. The van der Waals surface area contributed by atoms with Crippen LogP contribution in [0.25, 0.3) is 0 Å². The molecule has 0 spiro atoms. The van der Waals surface area contributed by atoms with Gasteiger partial charge in [-0.15, -0.1) is 5.10 Å². The Morgan fingerprint density at radius 2 is 2.30 bits per heavy atom. The number of H-pyrrole nitrogens is 1. The summed E-state index contributed by atoms with van der Waals surface area (Å²) in [7, 11) is 0. The molecule has 9 heteroatoms. The van der Waals surface area contributed by atoms with Gasteiger partial charge in [-0.05, 0) is 24.3 Å². The summed E-state index contributed by atoms with van der Waals surface area (Å²) >= 11 is 0. The molecule has 0 saturated carbocycles. The van der Waals surface area contributed by atoms with Gasteiger partial charge < -0.3 is 15.0 Å². The van der Waals surface area contributed by atoms with Crippen molar-refractivity contribution in [3.05, 3.63) is 23.8 Å². The van der Waals surface area contributed by atoms with E-state index in [1.807, 2.05) is 0 Å². The standard InChI is InChI=1S/C11H14N6O3/c1-3-20-11(19)10-7(2)12-4-8(10)14-9(18)5-17-6-13-15-16-17/h4,6,12H,3,5H2,1-2H3,(H,14,18). The maximum atomic E-state index is 11.8. The number of aromatic nitrogens is 5. The van der Waals surface area contributed by atoms with Crippen molar-refractivity contribution in [1.82, 2.24) is 25.2 Å². The van der Waals surface area contributed by atoms with Crippen LogP contribution in [0.3, 0.4) is 0 Å². The minimum atomic E-state index is -0.482. The van der Waals surface area contributed by atoms with E-state index in [1.165, 1.54) is 11.0 Å². The molecule has 0 aliphatic rings. The summed E-state index contributed by atoms with van der Waals surface area (Å²) in [5.41, 5.74) is 1.32. The van der Waals surface area contributed by atoms with Crippen molar-refractivity contribution in [3.8, 4) is 0 Å². The number of nitrogens with zero attached hydrogens (tertiary/aromatic N) is 4. The Morgan fingerprint density at radius 1 is 1.50 bits per heavy atom. The number of anilines is 1. The minimum Gasteiger partial charge on any atom is -0.462 e. The Kier molecular flexibility index (Phi) is 4.08. The number of aromatic amines is 1. The second-order valence-corrected chi connectivity index (χ2v) is 3.98.